The predicted molar refractivity (Wildman–Crippen MR) is 105 cm³/mol. The normalized spacial score (nSPS) is 10.3. The zero-order chi connectivity index (χ0) is 19.4. The van der Waals surface area contributed by atoms with Crippen LogP contribution in [-0.4, -0.2) is 16.7 Å². The van der Waals surface area contributed by atoms with Gasteiger partial charge in [0, 0.05) is 28.6 Å². The van der Waals surface area contributed by atoms with Crippen molar-refractivity contribution >= 4 is 40.2 Å². The zero-order valence-electron chi connectivity index (χ0n) is 14.3. The smallest absolute Gasteiger partial charge is 0.272 e. The maximum atomic E-state index is 12.3. The molecule has 0 spiro atoms. The number of carbonyl (C=O) groups is 2. The van der Waals surface area contributed by atoms with Crippen LogP contribution in [0, 0.1) is 17.0 Å². The van der Waals surface area contributed by atoms with Crippen molar-refractivity contribution in [2.75, 3.05) is 10.6 Å². The van der Waals surface area contributed by atoms with Gasteiger partial charge >= 0.3 is 0 Å². The molecule has 0 aliphatic rings. The van der Waals surface area contributed by atoms with E-state index in [1.807, 2.05) is 5.38 Å². The van der Waals surface area contributed by atoms with Crippen LogP contribution < -0.4 is 10.6 Å². The molecular formula is C19H15N3O4S. The zero-order valence-corrected chi connectivity index (χ0v) is 15.1. The quantitative estimate of drug-likeness (QED) is 0.503. The van der Waals surface area contributed by atoms with Gasteiger partial charge in [-0.1, -0.05) is 6.07 Å². The second-order valence-corrected chi connectivity index (χ2v) is 6.67. The monoisotopic (exact) mass is 381 g/mol. The van der Waals surface area contributed by atoms with Crippen molar-refractivity contribution in [2.45, 2.75) is 6.92 Å². The van der Waals surface area contributed by atoms with Crippen LogP contribution in [0.1, 0.15) is 25.6 Å². The number of anilines is 2. The number of thiophene rings is 1. The van der Waals surface area contributed by atoms with Gasteiger partial charge in [-0.15, -0.1) is 11.3 Å². The summed E-state index contributed by atoms with van der Waals surface area (Å²) in [4.78, 5) is 35.3. The fraction of sp³-hybridized carbons (Fsp3) is 0.0526. The molecule has 27 heavy (non-hydrogen) atoms. The number of nitrogens with one attached hydrogen (secondary N) is 2. The largest absolute Gasteiger partial charge is 0.322 e. The number of nitrogens with zero attached hydrogens (tertiary/aromatic N) is 1. The molecule has 0 saturated carbocycles. The minimum atomic E-state index is -0.486. The fourth-order valence-electron chi connectivity index (χ4n) is 2.44. The van der Waals surface area contributed by atoms with E-state index in [0.29, 0.717) is 27.4 Å². The Bertz CT molecular complexity index is 998. The molecule has 0 fully saturated rings. The van der Waals surface area contributed by atoms with Crippen molar-refractivity contribution < 1.29 is 14.5 Å². The van der Waals surface area contributed by atoms with E-state index in [0.717, 1.165) is 0 Å². The Labute approximate surface area is 158 Å². The first kappa shape index (κ1) is 18.3. The highest BCUT2D eigenvalue weighted by atomic mass is 32.1. The van der Waals surface area contributed by atoms with Gasteiger partial charge in [0.1, 0.15) is 0 Å². The molecule has 0 bridgehead atoms. The second-order valence-electron chi connectivity index (χ2n) is 5.72. The van der Waals surface area contributed by atoms with Crippen LogP contribution >= 0.6 is 11.3 Å². The second kappa shape index (κ2) is 7.79. The first-order chi connectivity index (χ1) is 12.9. The number of benzene rings is 2. The third kappa shape index (κ3) is 4.36. The van der Waals surface area contributed by atoms with E-state index in [4.69, 9.17) is 0 Å². The summed E-state index contributed by atoms with van der Waals surface area (Å²) < 4.78 is 0. The van der Waals surface area contributed by atoms with Gasteiger partial charge in [0.25, 0.3) is 17.5 Å². The van der Waals surface area contributed by atoms with Crippen LogP contribution in [0.15, 0.2) is 60.0 Å². The van der Waals surface area contributed by atoms with Crippen LogP contribution in [0.25, 0.3) is 0 Å². The molecule has 3 rings (SSSR count). The summed E-state index contributed by atoms with van der Waals surface area (Å²) in [7, 11) is 0. The standard InChI is InChI=1S/C19H15N3O4S/c1-12-11-13(4-9-16(12)22(25)26)18(23)20-14-5-7-15(8-6-14)21-19(24)17-3-2-10-27-17/h2-11H,1H3,(H,20,23)(H,21,24). The average Bonchev–Trinajstić information content (AvgIpc) is 3.17. The van der Waals surface area contributed by atoms with Gasteiger partial charge in [0.05, 0.1) is 9.80 Å². The molecule has 2 aromatic carbocycles. The molecule has 0 aliphatic heterocycles. The molecule has 8 heteroatoms. The maximum Gasteiger partial charge on any atom is 0.272 e. The lowest BCUT2D eigenvalue weighted by molar-refractivity contribution is -0.385. The highest BCUT2D eigenvalue weighted by Crippen LogP contribution is 2.20. The summed E-state index contributed by atoms with van der Waals surface area (Å²) in [6.45, 7) is 1.58. The topological polar surface area (TPSA) is 101 Å². The van der Waals surface area contributed by atoms with E-state index in [-0.39, 0.29) is 17.5 Å². The molecule has 7 nitrogen and oxygen atoms in total. The third-order valence-electron chi connectivity index (χ3n) is 3.80. The Hall–Kier alpha value is -3.52. The van der Waals surface area contributed by atoms with Gasteiger partial charge in [-0.25, -0.2) is 0 Å². The number of nitro benzene ring substituents is 1. The lowest BCUT2D eigenvalue weighted by atomic mass is 10.1. The molecule has 2 amide bonds. The number of amides is 2. The summed E-state index contributed by atoms with van der Waals surface area (Å²) in [5, 5.41) is 18.2. The number of hydrogen-bond donors (Lipinski definition) is 2. The highest BCUT2D eigenvalue weighted by molar-refractivity contribution is 7.12. The molecule has 1 heterocycles. The highest BCUT2D eigenvalue weighted by Gasteiger charge is 2.14. The average molecular weight is 381 g/mol. The number of aryl methyl sites for hydroxylation is 1. The summed E-state index contributed by atoms with van der Waals surface area (Å²) in [5.41, 5.74) is 1.87. The van der Waals surface area contributed by atoms with Gasteiger partial charge in [-0.3, -0.25) is 19.7 Å². The molecule has 2 N–H and O–H groups in total. The van der Waals surface area contributed by atoms with Crippen molar-refractivity contribution in [2.24, 2.45) is 0 Å². The first-order valence-electron chi connectivity index (χ1n) is 7.95. The summed E-state index contributed by atoms with van der Waals surface area (Å²) in [5.74, 6) is -0.563. The van der Waals surface area contributed by atoms with E-state index in [2.05, 4.69) is 10.6 Å². The Morgan fingerprint density at radius 1 is 0.963 bits per heavy atom. The molecule has 0 unspecified atom stereocenters. The molecular weight excluding hydrogens is 366 g/mol. The summed E-state index contributed by atoms with van der Waals surface area (Å²) >= 11 is 1.35. The molecule has 0 radical (unpaired) electrons. The van der Waals surface area contributed by atoms with Gasteiger partial charge < -0.3 is 10.6 Å². The van der Waals surface area contributed by atoms with Crippen LogP contribution in [-0.2, 0) is 0 Å². The first-order valence-corrected chi connectivity index (χ1v) is 8.83. The van der Waals surface area contributed by atoms with Crippen LogP contribution in [0.5, 0.6) is 0 Å². The molecule has 0 saturated heterocycles. The van der Waals surface area contributed by atoms with E-state index < -0.39 is 4.92 Å². The summed E-state index contributed by atoms with van der Waals surface area (Å²) in [6.07, 6.45) is 0. The molecule has 136 valence electrons. The fourth-order valence-corrected chi connectivity index (χ4v) is 3.06. The van der Waals surface area contributed by atoms with Gasteiger partial charge in [-0.05, 0) is 54.8 Å². The Morgan fingerprint density at radius 3 is 2.11 bits per heavy atom. The van der Waals surface area contributed by atoms with E-state index >= 15 is 0 Å². The van der Waals surface area contributed by atoms with Crippen LogP contribution in [0.3, 0.4) is 0 Å². The van der Waals surface area contributed by atoms with Crippen molar-refractivity contribution in [3.8, 4) is 0 Å². The Kier molecular flexibility index (Phi) is 5.28. The van der Waals surface area contributed by atoms with Crippen LogP contribution in [0.2, 0.25) is 0 Å². The van der Waals surface area contributed by atoms with Crippen LogP contribution in [0.4, 0.5) is 17.1 Å². The van der Waals surface area contributed by atoms with E-state index in [9.17, 15) is 19.7 Å². The predicted octanol–water partition coefficient (Wildman–Crippen LogP) is 4.47. The third-order valence-corrected chi connectivity index (χ3v) is 4.67. The minimum absolute atomic E-state index is 0.0302. The van der Waals surface area contributed by atoms with Gasteiger partial charge in [0.15, 0.2) is 0 Å². The van der Waals surface area contributed by atoms with Crippen molar-refractivity contribution in [1.29, 1.82) is 0 Å². The Morgan fingerprint density at radius 2 is 1.59 bits per heavy atom. The number of hydrogen-bond acceptors (Lipinski definition) is 5. The SMILES string of the molecule is Cc1cc(C(=O)Nc2ccc(NC(=O)c3cccs3)cc2)ccc1[N+](=O)[O-]. The minimum Gasteiger partial charge on any atom is -0.322 e. The number of rotatable bonds is 5. The Balaban J connectivity index is 1.65. The van der Waals surface area contributed by atoms with Crippen molar-refractivity contribution in [1.82, 2.24) is 0 Å². The van der Waals surface area contributed by atoms with Crippen molar-refractivity contribution in [3.05, 3.63) is 86.1 Å². The maximum absolute atomic E-state index is 12.3. The van der Waals surface area contributed by atoms with E-state index in [1.165, 1.54) is 29.5 Å². The summed E-state index contributed by atoms with van der Waals surface area (Å²) in [6, 6.07) is 14.4. The van der Waals surface area contributed by atoms with Gasteiger partial charge in [-0.2, -0.15) is 0 Å². The number of carbonyl (C=O) groups excluding carboxylic acids is 2. The van der Waals surface area contributed by atoms with Crippen molar-refractivity contribution in [3.63, 3.8) is 0 Å². The molecule has 0 atom stereocenters. The lowest BCUT2D eigenvalue weighted by Crippen LogP contribution is -2.13. The number of nitro groups is 1. The van der Waals surface area contributed by atoms with Gasteiger partial charge in [0.2, 0.25) is 0 Å². The molecule has 1 aromatic heterocycles. The van der Waals surface area contributed by atoms with E-state index in [1.54, 1.807) is 43.3 Å². The molecule has 3 aromatic rings. The lowest BCUT2D eigenvalue weighted by Gasteiger charge is -2.08. The molecule has 0 aliphatic carbocycles.